The summed E-state index contributed by atoms with van der Waals surface area (Å²) in [5.74, 6) is -3.48. The van der Waals surface area contributed by atoms with E-state index in [0.717, 1.165) is 11.2 Å². The molecule has 3 fully saturated rings. The quantitative estimate of drug-likeness (QED) is 0.388. The number of alkyl halides is 4. The summed E-state index contributed by atoms with van der Waals surface area (Å²) >= 11 is 0. The Bertz CT molecular complexity index is 1400. The molecule has 7 unspecified atom stereocenters. The Morgan fingerprint density at radius 3 is 2.14 bits per heavy atom. The highest BCUT2D eigenvalue weighted by atomic mass is 32.2. The van der Waals surface area contributed by atoms with Gasteiger partial charge in [-0.25, -0.2) is 30.3 Å². The van der Waals surface area contributed by atoms with Crippen molar-refractivity contribution in [2.45, 2.75) is 112 Å². The number of nitriles is 2. The molecule has 1 heterocycles. The lowest BCUT2D eigenvalue weighted by atomic mass is 9.75. The number of amides is 2. The third-order valence-electron chi connectivity index (χ3n) is 9.55. The molecule has 0 saturated heterocycles. The predicted octanol–water partition coefficient (Wildman–Crippen LogP) is 4.97. The fourth-order valence-corrected chi connectivity index (χ4v) is 11.1. The molecule has 4 rings (SSSR count). The van der Waals surface area contributed by atoms with Crippen LogP contribution in [-0.4, -0.2) is 73.3 Å². The number of halogens is 4. The topological polar surface area (TPSA) is 139 Å². The average molecular weight is 637 g/mol. The van der Waals surface area contributed by atoms with E-state index in [9.17, 15) is 45.3 Å². The summed E-state index contributed by atoms with van der Waals surface area (Å²) in [6, 6.07) is 0.153. The molecule has 9 nitrogen and oxygen atoms in total. The van der Waals surface area contributed by atoms with Gasteiger partial charge in [-0.2, -0.15) is 23.7 Å². The van der Waals surface area contributed by atoms with Gasteiger partial charge in [-0.1, -0.05) is 19.3 Å². The highest BCUT2D eigenvalue weighted by molar-refractivity contribution is 7.91. The Balaban J connectivity index is 1.90. The van der Waals surface area contributed by atoms with Crippen molar-refractivity contribution in [2.75, 3.05) is 6.26 Å². The number of nitrogens with zero attached hydrogens (tertiary/aromatic N) is 4. The molecule has 0 radical (unpaired) electrons. The molecule has 2 amide bonds. The summed E-state index contributed by atoms with van der Waals surface area (Å²) in [6.07, 6.45) is -5.07. The van der Waals surface area contributed by atoms with E-state index in [1.165, 1.54) is 6.92 Å². The van der Waals surface area contributed by atoms with Gasteiger partial charge in [0.05, 0.1) is 34.9 Å². The number of allylic oxidation sites excluding steroid dienone is 1. The van der Waals surface area contributed by atoms with Gasteiger partial charge in [0.2, 0.25) is 10.0 Å². The Kier molecular flexibility index (Phi) is 9.25. The smallest absolute Gasteiger partial charge is 0.293 e. The van der Waals surface area contributed by atoms with Crippen molar-refractivity contribution < 1.29 is 39.2 Å². The molecule has 1 aliphatic heterocycles. The van der Waals surface area contributed by atoms with Crippen LogP contribution in [0.3, 0.4) is 0 Å². The third kappa shape index (κ3) is 6.01. The Morgan fingerprint density at radius 1 is 0.905 bits per heavy atom. The Morgan fingerprint density at radius 2 is 1.57 bits per heavy atom. The number of carbonyl (C=O) groups excluding carboxylic acids is 1. The number of hydrogen-bond acceptors (Lipinski definition) is 7. The first-order valence-corrected chi connectivity index (χ1v) is 17.8. The minimum atomic E-state index is -4.85. The number of carbonyl (C=O) groups is 1. The first-order valence-electron chi connectivity index (χ1n) is 14.3. The summed E-state index contributed by atoms with van der Waals surface area (Å²) in [5.41, 5.74) is -0.269. The number of hydrogen-bond donors (Lipinski definition) is 0. The van der Waals surface area contributed by atoms with Gasteiger partial charge in [0.15, 0.2) is 9.84 Å². The number of rotatable bonds is 5. The van der Waals surface area contributed by atoms with Crippen LogP contribution in [0, 0.1) is 40.4 Å². The van der Waals surface area contributed by atoms with Crippen LogP contribution >= 0.6 is 0 Å². The lowest BCUT2D eigenvalue weighted by molar-refractivity contribution is -0.185. The zero-order valence-electron chi connectivity index (χ0n) is 23.6. The zero-order valence-corrected chi connectivity index (χ0v) is 25.2. The van der Waals surface area contributed by atoms with Crippen molar-refractivity contribution in [2.24, 2.45) is 17.8 Å². The molecule has 234 valence electrons. The molecule has 42 heavy (non-hydrogen) atoms. The van der Waals surface area contributed by atoms with Crippen LogP contribution in [0.2, 0.25) is 0 Å². The van der Waals surface area contributed by atoms with Crippen molar-refractivity contribution in [3.63, 3.8) is 0 Å². The van der Waals surface area contributed by atoms with Crippen molar-refractivity contribution in [3.8, 4) is 12.1 Å². The normalized spacial score (nSPS) is 35.5. The molecule has 4 aliphatic rings. The van der Waals surface area contributed by atoms with Crippen LogP contribution in [0.4, 0.5) is 22.4 Å². The largest absolute Gasteiger partial charge is 0.391 e. The van der Waals surface area contributed by atoms with E-state index >= 15 is 4.39 Å². The van der Waals surface area contributed by atoms with E-state index in [0.29, 0.717) is 17.1 Å². The van der Waals surface area contributed by atoms with E-state index < -0.39 is 85.0 Å². The third-order valence-corrected chi connectivity index (χ3v) is 13.4. The summed E-state index contributed by atoms with van der Waals surface area (Å²) in [7, 11) is -8.77. The van der Waals surface area contributed by atoms with Gasteiger partial charge < -0.3 is 0 Å². The first-order chi connectivity index (χ1) is 19.5. The van der Waals surface area contributed by atoms with Crippen LogP contribution < -0.4 is 0 Å². The van der Waals surface area contributed by atoms with Gasteiger partial charge in [-0.05, 0) is 58.3 Å². The summed E-state index contributed by atoms with van der Waals surface area (Å²) < 4.78 is 111. The Labute approximate surface area is 244 Å². The second-order valence-electron chi connectivity index (χ2n) is 12.1. The number of urea groups is 1. The minimum absolute atomic E-state index is 0.00167. The standard InChI is InChI=1S/C27H36F4N4O5S2/c1-16-21(15-33)25(20-11-10-17(14-32)12-24(20)41(2,37)38)35(42(39,40)23-9-4-3-8-22(23)28)26(36)34(16)19-7-5-6-18(13-19)27(29,30)31/h17-20,22-25H,3-13H2,1-2H3/t17?,18?,19?,20?,22?,23?,24?,25-/m1/s1. The van der Waals surface area contributed by atoms with Crippen LogP contribution in [0.15, 0.2) is 11.3 Å². The van der Waals surface area contributed by atoms with Crippen LogP contribution in [0.25, 0.3) is 0 Å². The highest BCUT2D eigenvalue weighted by Crippen LogP contribution is 2.47. The number of sulfonamides is 1. The maximum Gasteiger partial charge on any atom is 0.391 e. The van der Waals surface area contributed by atoms with Crippen molar-refractivity contribution in [3.05, 3.63) is 11.3 Å². The van der Waals surface area contributed by atoms with E-state index in [-0.39, 0.29) is 62.6 Å². The molecule has 3 aliphatic carbocycles. The lowest BCUT2D eigenvalue weighted by Gasteiger charge is -2.50. The van der Waals surface area contributed by atoms with Crippen LogP contribution in [0.1, 0.15) is 77.6 Å². The SMILES string of the molecule is CC1=C(C#N)[C@@H](C2CCC(C#N)CC2S(C)(=O)=O)N(S(=O)(=O)C2CCCCC2F)C(=O)N1C1CCCC(C(F)(F)F)C1. The van der Waals surface area contributed by atoms with Gasteiger partial charge in [0, 0.05) is 29.8 Å². The predicted molar refractivity (Wildman–Crippen MR) is 144 cm³/mol. The van der Waals surface area contributed by atoms with Crippen molar-refractivity contribution in [1.82, 2.24) is 9.21 Å². The molecular weight excluding hydrogens is 600 g/mol. The van der Waals surface area contributed by atoms with Gasteiger partial charge in [0.1, 0.15) is 11.4 Å². The first kappa shape index (κ1) is 32.5. The Hall–Kier alpha value is -2.39. The maximum absolute atomic E-state index is 15.2. The molecule has 15 heteroatoms. The summed E-state index contributed by atoms with van der Waals surface area (Å²) in [4.78, 5) is 15.2. The maximum atomic E-state index is 15.2. The second kappa shape index (κ2) is 11.9. The highest BCUT2D eigenvalue weighted by Gasteiger charge is 2.56. The van der Waals surface area contributed by atoms with E-state index in [4.69, 9.17) is 0 Å². The van der Waals surface area contributed by atoms with Crippen molar-refractivity contribution >= 4 is 25.9 Å². The fraction of sp³-hybridized carbons (Fsp3) is 0.815. The molecule has 0 aromatic rings. The van der Waals surface area contributed by atoms with E-state index in [1.807, 2.05) is 12.1 Å². The molecule has 0 aromatic carbocycles. The van der Waals surface area contributed by atoms with Gasteiger partial charge >= 0.3 is 12.2 Å². The number of sulfone groups is 1. The second-order valence-corrected chi connectivity index (χ2v) is 16.4. The van der Waals surface area contributed by atoms with Gasteiger partial charge in [-0.3, -0.25) is 4.90 Å². The molecule has 3 saturated carbocycles. The van der Waals surface area contributed by atoms with Gasteiger partial charge in [-0.15, -0.1) is 0 Å². The molecule has 0 spiro atoms. The van der Waals surface area contributed by atoms with Crippen LogP contribution in [0.5, 0.6) is 0 Å². The summed E-state index contributed by atoms with van der Waals surface area (Å²) in [5, 5.41) is 17.0. The van der Waals surface area contributed by atoms with E-state index in [2.05, 4.69) is 0 Å². The van der Waals surface area contributed by atoms with Crippen LogP contribution in [-0.2, 0) is 19.9 Å². The van der Waals surface area contributed by atoms with Gasteiger partial charge in [0.25, 0.3) is 0 Å². The summed E-state index contributed by atoms with van der Waals surface area (Å²) in [6.45, 7) is 1.36. The van der Waals surface area contributed by atoms with Crippen molar-refractivity contribution in [1.29, 1.82) is 10.5 Å². The molecule has 0 aromatic heterocycles. The van der Waals surface area contributed by atoms with E-state index in [1.54, 1.807) is 0 Å². The average Bonchev–Trinajstić information content (AvgIpc) is 2.91. The monoisotopic (exact) mass is 636 g/mol. The molecule has 0 N–H and O–H groups in total. The molecule has 0 bridgehead atoms. The molecular formula is C27H36F4N4O5S2. The molecule has 8 atom stereocenters. The lowest BCUT2D eigenvalue weighted by Crippen LogP contribution is -2.64. The zero-order chi connectivity index (χ0) is 31.2. The minimum Gasteiger partial charge on any atom is -0.293 e. The fourth-order valence-electron chi connectivity index (χ4n) is 7.41.